The molecule has 0 aromatic carbocycles. The SMILES string of the molecule is CC(C)(C)OC(=O)NC1(C2CNC(=O)C2)COC1. The lowest BCUT2D eigenvalue weighted by atomic mass is 9.81. The number of carbonyl (C=O) groups excluding carboxylic acids is 2. The van der Waals surface area contributed by atoms with Crippen molar-refractivity contribution in [2.45, 2.75) is 38.3 Å². The van der Waals surface area contributed by atoms with Crippen LogP contribution in [0.3, 0.4) is 0 Å². The normalized spacial score (nSPS) is 26.2. The van der Waals surface area contributed by atoms with E-state index in [-0.39, 0.29) is 11.8 Å². The molecule has 2 saturated heterocycles. The van der Waals surface area contributed by atoms with Crippen molar-refractivity contribution in [1.82, 2.24) is 10.6 Å². The van der Waals surface area contributed by atoms with Crippen LogP contribution in [0.4, 0.5) is 4.79 Å². The number of rotatable bonds is 2. The van der Waals surface area contributed by atoms with Gasteiger partial charge >= 0.3 is 6.09 Å². The van der Waals surface area contributed by atoms with Crippen LogP contribution in [-0.2, 0) is 14.3 Å². The molecule has 0 aromatic rings. The Hall–Kier alpha value is -1.30. The van der Waals surface area contributed by atoms with Crippen LogP contribution >= 0.6 is 0 Å². The van der Waals surface area contributed by atoms with Gasteiger partial charge in [0.25, 0.3) is 0 Å². The molecule has 2 amide bonds. The molecule has 0 spiro atoms. The molecule has 102 valence electrons. The predicted molar refractivity (Wildman–Crippen MR) is 64.0 cm³/mol. The highest BCUT2D eigenvalue weighted by Crippen LogP contribution is 2.31. The first-order valence-corrected chi connectivity index (χ1v) is 6.16. The van der Waals surface area contributed by atoms with E-state index in [1.54, 1.807) is 0 Å². The molecule has 2 aliphatic heterocycles. The van der Waals surface area contributed by atoms with Crippen LogP contribution in [0.25, 0.3) is 0 Å². The van der Waals surface area contributed by atoms with E-state index in [9.17, 15) is 9.59 Å². The number of amides is 2. The Morgan fingerprint density at radius 3 is 2.56 bits per heavy atom. The molecule has 0 aliphatic carbocycles. The summed E-state index contributed by atoms with van der Waals surface area (Å²) in [6.07, 6.45) is -0.0238. The van der Waals surface area contributed by atoms with E-state index in [4.69, 9.17) is 9.47 Å². The Bertz CT molecular complexity index is 358. The standard InChI is InChI=1S/C12H20N2O4/c1-11(2,3)18-10(16)14-12(6-17-7-12)8-4-9(15)13-5-8/h8H,4-7H2,1-3H3,(H,13,15)(H,14,16). The fourth-order valence-electron chi connectivity index (χ4n) is 2.23. The molecule has 2 aliphatic rings. The number of carbonyl (C=O) groups is 2. The lowest BCUT2D eigenvalue weighted by Crippen LogP contribution is -2.67. The summed E-state index contributed by atoms with van der Waals surface area (Å²) < 4.78 is 10.5. The lowest BCUT2D eigenvalue weighted by Gasteiger charge is -2.45. The van der Waals surface area contributed by atoms with Crippen molar-refractivity contribution in [1.29, 1.82) is 0 Å². The van der Waals surface area contributed by atoms with Crippen molar-refractivity contribution in [3.05, 3.63) is 0 Å². The topological polar surface area (TPSA) is 76.7 Å². The first kappa shape index (κ1) is 13.1. The molecule has 2 fully saturated rings. The van der Waals surface area contributed by atoms with Gasteiger partial charge in [0, 0.05) is 18.9 Å². The minimum Gasteiger partial charge on any atom is -0.444 e. The Morgan fingerprint density at radius 2 is 2.17 bits per heavy atom. The first-order chi connectivity index (χ1) is 8.31. The Balaban J connectivity index is 1.96. The van der Waals surface area contributed by atoms with Gasteiger partial charge in [0.05, 0.1) is 18.8 Å². The van der Waals surface area contributed by atoms with Crippen molar-refractivity contribution >= 4 is 12.0 Å². The van der Waals surface area contributed by atoms with Gasteiger partial charge in [0.15, 0.2) is 0 Å². The van der Waals surface area contributed by atoms with Gasteiger partial charge in [-0.15, -0.1) is 0 Å². The van der Waals surface area contributed by atoms with E-state index >= 15 is 0 Å². The van der Waals surface area contributed by atoms with E-state index in [0.717, 1.165) is 0 Å². The van der Waals surface area contributed by atoms with Gasteiger partial charge in [0.2, 0.25) is 5.91 Å². The molecule has 0 aromatic heterocycles. The van der Waals surface area contributed by atoms with Crippen LogP contribution in [-0.4, -0.2) is 42.9 Å². The van der Waals surface area contributed by atoms with Gasteiger partial charge < -0.3 is 20.1 Å². The van der Waals surface area contributed by atoms with Crippen LogP contribution in [0.1, 0.15) is 27.2 Å². The molecule has 18 heavy (non-hydrogen) atoms. The quantitative estimate of drug-likeness (QED) is 0.750. The maximum atomic E-state index is 11.8. The van der Waals surface area contributed by atoms with E-state index in [0.29, 0.717) is 26.2 Å². The van der Waals surface area contributed by atoms with Crippen molar-refractivity contribution < 1.29 is 19.1 Å². The second-order valence-electron chi connectivity index (χ2n) is 5.98. The summed E-state index contributed by atoms with van der Waals surface area (Å²) in [6, 6.07) is 0. The minimum atomic E-state index is -0.528. The third-order valence-corrected chi connectivity index (χ3v) is 3.23. The Morgan fingerprint density at radius 1 is 1.50 bits per heavy atom. The van der Waals surface area contributed by atoms with Crippen molar-refractivity contribution in [2.75, 3.05) is 19.8 Å². The highest BCUT2D eigenvalue weighted by Gasteiger charge is 2.50. The summed E-state index contributed by atoms with van der Waals surface area (Å²) in [4.78, 5) is 23.1. The summed E-state index contributed by atoms with van der Waals surface area (Å²) >= 11 is 0. The van der Waals surface area contributed by atoms with Gasteiger partial charge in [-0.25, -0.2) is 4.79 Å². The molecule has 6 heteroatoms. The second kappa shape index (κ2) is 4.42. The van der Waals surface area contributed by atoms with Crippen LogP contribution in [0, 0.1) is 5.92 Å². The summed E-state index contributed by atoms with van der Waals surface area (Å²) in [5.41, 5.74) is -0.985. The van der Waals surface area contributed by atoms with Gasteiger partial charge in [-0.1, -0.05) is 0 Å². The fourth-order valence-corrected chi connectivity index (χ4v) is 2.23. The lowest BCUT2D eigenvalue weighted by molar-refractivity contribution is -0.122. The molecule has 2 N–H and O–H groups in total. The van der Waals surface area contributed by atoms with Gasteiger partial charge in [0.1, 0.15) is 5.60 Å². The highest BCUT2D eigenvalue weighted by molar-refractivity contribution is 5.79. The van der Waals surface area contributed by atoms with Crippen molar-refractivity contribution in [3.63, 3.8) is 0 Å². The summed E-state index contributed by atoms with van der Waals surface area (Å²) in [5.74, 6) is 0.100. The number of hydrogen-bond donors (Lipinski definition) is 2. The summed E-state index contributed by atoms with van der Waals surface area (Å²) in [5, 5.41) is 5.65. The molecule has 1 atom stereocenters. The van der Waals surface area contributed by atoms with Crippen molar-refractivity contribution in [2.24, 2.45) is 5.92 Å². The molecule has 2 rings (SSSR count). The van der Waals surface area contributed by atoms with Crippen molar-refractivity contribution in [3.8, 4) is 0 Å². The van der Waals surface area contributed by atoms with Crippen LogP contribution < -0.4 is 10.6 Å². The van der Waals surface area contributed by atoms with Gasteiger partial charge in [-0.2, -0.15) is 0 Å². The Labute approximate surface area is 106 Å². The summed E-state index contributed by atoms with van der Waals surface area (Å²) in [6.45, 7) is 6.90. The maximum absolute atomic E-state index is 11.8. The largest absolute Gasteiger partial charge is 0.444 e. The van der Waals surface area contributed by atoms with Gasteiger partial charge in [-0.05, 0) is 20.8 Å². The van der Waals surface area contributed by atoms with E-state index in [1.165, 1.54) is 0 Å². The average Bonchev–Trinajstić information content (AvgIpc) is 2.55. The average molecular weight is 256 g/mol. The van der Waals surface area contributed by atoms with E-state index in [2.05, 4.69) is 10.6 Å². The second-order valence-corrected chi connectivity index (χ2v) is 5.98. The smallest absolute Gasteiger partial charge is 0.408 e. The molecule has 1 unspecified atom stereocenters. The number of hydrogen-bond acceptors (Lipinski definition) is 4. The molecule has 0 saturated carbocycles. The molecule has 0 bridgehead atoms. The van der Waals surface area contributed by atoms with E-state index < -0.39 is 17.2 Å². The molecule has 6 nitrogen and oxygen atoms in total. The van der Waals surface area contributed by atoms with E-state index in [1.807, 2.05) is 20.8 Å². The predicted octanol–water partition coefficient (Wildman–Crippen LogP) is 0.416. The first-order valence-electron chi connectivity index (χ1n) is 6.16. The van der Waals surface area contributed by atoms with Crippen LogP contribution in [0.5, 0.6) is 0 Å². The monoisotopic (exact) mass is 256 g/mol. The van der Waals surface area contributed by atoms with Crippen LogP contribution in [0.2, 0.25) is 0 Å². The highest BCUT2D eigenvalue weighted by atomic mass is 16.6. The zero-order valence-electron chi connectivity index (χ0n) is 11.0. The Kier molecular flexibility index (Phi) is 3.23. The van der Waals surface area contributed by atoms with Crippen LogP contribution in [0.15, 0.2) is 0 Å². The number of nitrogens with one attached hydrogen (secondary N) is 2. The zero-order valence-corrected chi connectivity index (χ0v) is 11.0. The number of ether oxygens (including phenoxy) is 2. The molecular weight excluding hydrogens is 236 g/mol. The molecular formula is C12H20N2O4. The zero-order chi connectivity index (χ0) is 13.4. The fraction of sp³-hybridized carbons (Fsp3) is 0.833. The third-order valence-electron chi connectivity index (χ3n) is 3.23. The van der Waals surface area contributed by atoms with Gasteiger partial charge in [-0.3, -0.25) is 4.79 Å². The molecule has 0 radical (unpaired) electrons. The third kappa shape index (κ3) is 2.75. The minimum absolute atomic E-state index is 0.0252. The molecule has 2 heterocycles. The summed E-state index contributed by atoms with van der Waals surface area (Å²) in [7, 11) is 0. The number of alkyl carbamates (subject to hydrolysis) is 1. The maximum Gasteiger partial charge on any atom is 0.408 e.